The smallest absolute Gasteiger partial charge is 0.316 e. The van der Waals surface area contributed by atoms with E-state index in [4.69, 9.17) is 16.3 Å². The fourth-order valence-electron chi connectivity index (χ4n) is 3.84. The predicted molar refractivity (Wildman–Crippen MR) is 120 cm³/mol. The number of rotatable bonds is 6. The van der Waals surface area contributed by atoms with Gasteiger partial charge in [-0.2, -0.15) is 0 Å². The summed E-state index contributed by atoms with van der Waals surface area (Å²) in [5, 5.41) is 6.75. The lowest BCUT2D eigenvalue weighted by atomic mass is 9.93. The van der Waals surface area contributed by atoms with E-state index in [2.05, 4.69) is 20.6 Å². The molecule has 1 aromatic heterocycles. The van der Waals surface area contributed by atoms with Gasteiger partial charge in [-0.15, -0.1) is 0 Å². The minimum absolute atomic E-state index is 0.0451. The van der Waals surface area contributed by atoms with Crippen molar-refractivity contribution in [1.82, 2.24) is 20.6 Å². The van der Waals surface area contributed by atoms with Gasteiger partial charge in [0.2, 0.25) is 0 Å². The van der Waals surface area contributed by atoms with Crippen LogP contribution in [0.2, 0.25) is 5.02 Å². The fraction of sp³-hybridized carbons (Fsp3) is 0.292. The number of hydrogen-bond donors (Lipinski definition) is 2. The second kappa shape index (κ2) is 10.3. The molecule has 6 nitrogen and oxygen atoms in total. The van der Waals surface area contributed by atoms with Crippen LogP contribution in [0.15, 0.2) is 73.1 Å². The molecule has 0 aliphatic heterocycles. The van der Waals surface area contributed by atoms with E-state index in [1.54, 1.807) is 0 Å². The molecule has 1 aliphatic carbocycles. The summed E-state index contributed by atoms with van der Waals surface area (Å²) >= 11 is 5.81. The molecule has 31 heavy (non-hydrogen) atoms. The molecule has 7 heteroatoms. The predicted octanol–water partition coefficient (Wildman–Crippen LogP) is 4.91. The number of aromatic nitrogens is 2. The standard InChI is InChI=1S/C24H25ClN4O2/c25-19-15-26-24(27-16-19)31-21-13-11-20(12-14-21)28-23(30)29-22(17-7-3-1-4-8-17)18-9-5-2-6-10-18/h1-10,15-16,20-22H,11-14H2,(H2,28,29,30). The highest BCUT2D eigenvalue weighted by Crippen LogP contribution is 2.24. The number of ether oxygens (including phenoxy) is 1. The van der Waals surface area contributed by atoms with Gasteiger partial charge in [0.25, 0.3) is 0 Å². The Morgan fingerprint density at radius 1 is 0.903 bits per heavy atom. The summed E-state index contributed by atoms with van der Waals surface area (Å²) in [6.45, 7) is 0. The van der Waals surface area contributed by atoms with Crippen LogP contribution in [-0.4, -0.2) is 28.1 Å². The van der Waals surface area contributed by atoms with Crippen LogP contribution in [0.5, 0.6) is 6.01 Å². The summed E-state index contributed by atoms with van der Waals surface area (Å²) in [7, 11) is 0. The largest absolute Gasteiger partial charge is 0.460 e. The molecule has 4 rings (SSSR count). The molecule has 2 aromatic carbocycles. The molecule has 1 fully saturated rings. The quantitative estimate of drug-likeness (QED) is 0.575. The molecular formula is C24H25ClN4O2. The lowest BCUT2D eigenvalue weighted by Gasteiger charge is -2.29. The molecule has 0 atom stereocenters. The van der Waals surface area contributed by atoms with E-state index in [-0.39, 0.29) is 24.2 Å². The Kier molecular flexibility index (Phi) is 6.99. The van der Waals surface area contributed by atoms with Gasteiger partial charge in [0.1, 0.15) is 6.10 Å². The second-order valence-electron chi connectivity index (χ2n) is 7.65. The SMILES string of the molecule is O=C(NC1CCC(Oc2ncc(Cl)cn2)CC1)NC(c1ccccc1)c1ccccc1. The summed E-state index contributed by atoms with van der Waals surface area (Å²) in [6, 6.07) is 20.1. The first-order chi connectivity index (χ1) is 15.2. The Bertz CT molecular complexity index is 922. The van der Waals surface area contributed by atoms with Crippen LogP contribution < -0.4 is 15.4 Å². The molecule has 0 unspecified atom stereocenters. The van der Waals surface area contributed by atoms with E-state index >= 15 is 0 Å². The number of urea groups is 1. The molecule has 0 saturated heterocycles. The highest BCUT2D eigenvalue weighted by molar-refractivity contribution is 6.30. The van der Waals surface area contributed by atoms with Crippen LogP contribution in [0.25, 0.3) is 0 Å². The number of carbonyl (C=O) groups excluding carboxylic acids is 1. The third-order valence-corrected chi connectivity index (χ3v) is 5.61. The molecule has 160 valence electrons. The van der Waals surface area contributed by atoms with Crippen LogP contribution in [0.3, 0.4) is 0 Å². The molecule has 2 N–H and O–H groups in total. The number of halogens is 1. The molecule has 1 aliphatic rings. The van der Waals surface area contributed by atoms with Crippen molar-refractivity contribution >= 4 is 17.6 Å². The number of nitrogens with one attached hydrogen (secondary N) is 2. The van der Waals surface area contributed by atoms with E-state index < -0.39 is 0 Å². The zero-order chi connectivity index (χ0) is 21.5. The lowest BCUT2D eigenvalue weighted by molar-refractivity contribution is 0.128. The Labute approximate surface area is 187 Å². The molecule has 0 bridgehead atoms. The third-order valence-electron chi connectivity index (χ3n) is 5.42. The normalized spacial score (nSPS) is 18.4. The Morgan fingerprint density at radius 2 is 1.45 bits per heavy atom. The molecule has 1 saturated carbocycles. The summed E-state index contributed by atoms with van der Waals surface area (Å²) < 4.78 is 5.83. The van der Waals surface area contributed by atoms with Gasteiger partial charge < -0.3 is 15.4 Å². The highest BCUT2D eigenvalue weighted by Gasteiger charge is 2.25. The number of benzene rings is 2. The molecule has 0 spiro atoms. The lowest BCUT2D eigenvalue weighted by Crippen LogP contribution is -2.46. The zero-order valence-corrected chi connectivity index (χ0v) is 17.8. The number of nitrogens with zero attached hydrogens (tertiary/aromatic N) is 2. The maximum Gasteiger partial charge on any atom is 0.316 e. The van der Waals surface area contributed by atoms with Gasteiger partial charge in [0.15, 0.2) is 0 Å². The summed E-state index contributed by atoms with van der Waals surface area (Å²) in [5.74, 6) is 0. The topological polar surface area (TPSA) is 76.1 Å². The fourth-order valence-corrected chi connectivity index (χ4v) is 3.94. The number of hydrogen-bond acceptors (Lipinski definition) is 4. The molecule has 0 radical (unpaired) electrons. The van der Waals surface area contributed by atoms with Crippen LogP contribution >= 0.6 is 11.6 Å². The molecule has 1 heterocycles. The van der Waals surface area contributed by atoms with E-state index in [0.29, 0.717) is 11.0 Å². The van der Waals surface area contributed by atoms with Crippen molar-refractivity contribution in [2.24, 2.45) is 0 Å². The van der Waals surface area contributed by atoms with E-state index in [9.17, 15) is 4.79 Å². The zero-order valence-electron chi connectivity index (χ0n) is 17.1. The Balaban J connectivity index is 1.31. The van der Waals surface area contributed by atoms with Gasteiger partial charge in [0.05, 0.1) is 23.5 Å². The monoisotopic (exact) mass is 436 g/mol. The number of carbonyl (C=O) groups is 1. The van der Waals surface area contributed by atoms with Crippen LogP contribution in [-0.2, 0) is 0 Å². The van der Waals surface area contributed by atoms with Crippen molar-refractivity contribution in [2.45, 2.75) is 43.9 Å². The minimum Gasteiger partial charge on any atom is -0.460 e. The first-order valence-corrected chi connectivity index (χ1v) is 10.9. The maximum atomic E-state index is 12.8. The van der Waals surface area contributed by atoms with Crippen LogP contribution in [0.1, 0.15) is 42.9 Å². The van der Waals surface area contributed by atoms with Gasteiger partial charge >= 0.3 is 12.0 Å². The molecule has 3 aromatic rings. The van der Waals surface area contributed by atoms with Crippen molar-refractivity contribution in [3.63, 3.8) is 0 Å². The second-order valence-corrected chi connectivity index (χ2v) is 8.08. The Hall–Kier alpha value is -3.12. The van der Waals surface area contributed by atoms with Crippen molar-refractivity contribution in [3.8, 4) is 6.01 Å². The third kappa shape index (κ3) is 5.95. The summed E-state index contributed by atoms with van der Waals surface area (Å²) in [6.07, 6.45) is 6.44. The minimum atomic E-state index is -0.205. The van der Waals surface area contributed by atoms with Crippen molar-refractivity contribution in [1.29, 1.82) is 0 Å². The first-order valence-electron chi connectivity index (χ1n) is 10.5. The van der Waals surface area contributed by atoms with E-state index in [0.717, 1.165) is 36.8 Å². The van der Waals surface area contributed by atoms with E-state index in [1.807, 2.05) is 60.7 Å². The number of amides is 2. The van der Waals surface area contributed by atoms with Gasteiger partial charge in [-0.25, -0.2) is 14.8 Å². The maximum absolute atomic E-state index is 12.8. The van der Waals surface area contributed by atoms with Crippen LogP contribution in [0, 0.1) is 0 Å². The van der Waals surface area contributed by atoms with E-state index in [1.165, 1.54) is 12.4 Å². The Morgan fingerprint density at radius 3 is 2.00 bits per heavy atom. The van der Waals surface area contributed by atoms with Gasteiger partial charge in [0, 0.05) is 6.04 Å². The van der Waals surface area contributed by atoms with Crippen molar-refractivity contribution in [3.05, 3.63) is 89.2 Å². The van der Waals surface area contributed by atoms with Crippen molar-refractivity contribution in [2.75, 3.05) is 0 Å². The average Bonchev–Trinajstić information content (AvgIpc) is 2.81. The first kappa shape index (κ1) is 21.1. The summed E-state index contributed by atoms with van der Waals surface area (Å²) in [4.78, 5) is 21.0. The summed E-state index contributed by atoms with van der Waals surface area (Å²) in [5.41, 5.74) is 2.09. The molecule has 2 amide bonds. The van der Waals surface area contributed by atoms with Gasteiger partial charge in [-0.3, -0.25) is 0 Å². The highest BCUT2D eigenvalue weighted by atomic mass is 35.5. The van der Waals surface area contributed by atoms with Gasteiger partial charge in [-0.05, 0) is 36.8 Å². The molecular weight excluding hydrogens is 412 g/mol. The van der Waals surface area contributed by atoms with Gasteiger partial charge in [-0.1, -0.05) is 72.3 Å². The average molecular weight is 437 g/mol. The van der Waals surface area contributed by atoms with Crippen molar-refractivity contribution < 1.29 is 9.53 Å². The van der Waals surface area contributed by atoms with Crippen LogP contribution in [0.4, 0.5) is 4.79 Å².